The summed E-state index contributed by atoms with van der Waals surface area (Å²) in [5, 5.41) is 14.4. The molecule has 2 heterocycles. The summed E-state index contributed by atoms with van der Waals surface area (Å²) >= 11 is 1.62. The molecule has 2 aromatic rings. The molecule has 5 nitrogen and oxygen atoms in total. The van der Waals surface area contributed by atoms with E-state index in [0.717, 1.165) is 27.8 Å². The van der Waals surface area contributed by atoms with Crippen LogP contribution in [0.4, 0.5) is 5.69 Å². The van der Waals surface area contributed by atoms with Crippen molar-refractivity contribution in [1.29, 1.82) is 0 Å². The zero-order chi connectivity index (χ0) is 10.8. The number of nitrogens with zero attached hydrogens (tertiary/aromatic N) is 4. The number of anilines is 1. The molecule has 15 heavy (non-hydrogen) atoms. The van der Waals surface area contributed by atoms with Crippen molar-refractivity contribution in [3.63, 3.8) is 0 Å². The third kappa shape index (κ3) is 1.99. The van der Waals surface area contributed by atoms with Gasteiger partial charge in [0.2, 0.25) is 0 Å². The highest BCUT2D eigenvalue weighted by atomic mass is 32.1. The molecular formula is C9H13N5S. The quantitative estimate of drug-likeness (QED) is 0.849. The van der Waals surface area contributed by atoms with E-state index in [1.54, 1.807) is 17.5 Å². The fourth-order valence-electron chi connectivity index (χ4n) is 1.24. The monoisotopic (exact) mass is 223 g/mol. The van der Waals surface area contributed by atoms with E-state index in [0.29, 0.717) is 6.54 Å². The Morgan fingerprint density at radius 1 is 1.40 bits per heavy atom. The Morgan fingerprint density at radius 2 is 2.13 bits per heavy atom. The van der Waals surface area contributed by atoms with Crippen LogP contribution in [0.15, 0.2) is 6.20 Å². The Bertz CT molecular complexity index is 459. The van der Waals surface area contributed by atoms with E-state index in [1.165, 1.54) is 0 Å². The van der Waals surface area contributed by atoms with Gasteiger partial charge in [0.1, 0.15) is 10.0 Å². The average Bonchev–Trinajstić information content (AvgIpc) is 2.80. The molecule has 2 aromatic heterocycles. The van der Waals surface area contributed by atoms with Crippen LogP contribution in [0, 0.1) is 6.92 Å². The Labute approximate surface area is 91.9 Å². The molecule has 0 saturated carbocycles. The fraction of sp³-hybridized carbons (Fsp3) is 0.444. The van der Waals surface area contributed by atoms with Crippen LogP contribution >= 0.6 is 11.3 Å². The summed E-state index contributed by atoms with van der Waals surface area (Å²) in [7, 11) is 0. The molecule has 6 heteroatoms. The normalized spacial score (nSPS) is 10.8. The van der Waals surface area contributed by atoms with Gasteiger partial charge in [0.25, 0.3) is 0 Å². The van der Waals surface area contributed by atoms with E-state index in [2.05, 4.69) is 22.2 Å². The lowest BCUT2D eigenvalue weighted by Crippen LogP contribution is -2.03. The molecule has 2 N–H and O–H groups in total. The average molecular weight is 223 g/mol. The summed E-state index contributed by atoms with van der Waals surface area (Å²) in [4.78, 5) is 0. The zero-order valence-electron chi connectivity index (χ0n) is 8.77. The maximum absolute atomic E-state index is 5.71. The number of aryl methyl sites for hydroxylation is 1. The molecule has 0 aliphatic heterocycles. The second-order valence-corrected chi connectivity index (χ2v) is 4.43. The summed E-state index contributed by atoms with van der Waals surface area (Å²) < 4.78 is 1.84. The van der Waals surface area contributed by atoms with Gasteiger partial charge >= 0.3 is 0 Å². The second-order valence-electron chi connectivity index (χ2n) is 3.29. The number of aromatic nitrogens is 4. The molecule has 0 aliphatic rings. The maximum Gasteiger partial charge on any atom is 0.139 e. The number of rotatable bonds is 3. The van der Waals surface area contributed by atoms with Gasteiger partial charge in [0.05, 0.1) is 24.1 Å². The summed E-state index contributed by atoms with van der Waals surface area (Å²) in [6.07, 6.45) is 2.59. The van der Waals surface area contributed by atoms with E-state index in [9.17, 15) is 0 Å². The van der Waals surface area contributed by atoms with Crippen LogP contribution in [0.2, 0.25) is 0 Å². The minimum Gasteiger partial charge on any atom is -0.396 e. The van der Waals surface area contributed by atoms with Crippen LogP contribution in [0.1, 0.15) is 22.6 Å². The SMILES string of the molecule is CCc1nnc(Cn2ncc(N)c2C)s1. The first-order chi connectivity index (χ1) is 7.20. The van der Waals surface area contributed by atoms with Gasteiger partial charge in [0, 0.05) is 0 Å². The van der Waals surface area contributed by atoms with Crippen LogP contribution in [0.5, 0.6) is 0 Å². The predicted octanol–water partition coefficient (Wildman–Crippen LogP) is 1.24. The molecule has 0 amide bonds. The third-order valence-corrected chi connectivity index (χ3v) is 3.29. The van der Waals surface area contributed by atoms with Crippen LogP contribution in [-0.2, 0) is 13.0 Å². The van der Waals surface area contributed by atoms with E-state index in [4.69, 9.17) is 5.73 Å². The number of nitrogens with two attached hydrogens (primary N) is 1. The lowest BCUT2D eigenvalue weighted by atomic mass is 10.4. The first-order valence-corrected chi connectivity index (χ1v) is 5.61. The van der Waals surface area contributed by atoms with Gasteiger partial charge in [-0.05, 0) is 13.3 Å². The third-order valence-electron chi connectivity index (χ3n) is 2.24. The molecule has 0 fully saturated rings. The first kappa shape index (κ1) is 10.1. The van der Waals surface area contributed by atoms with Crippen LogP contribution in [0.25, 0.3) is 0 Å². The molecule has 0 saturated heterocycles. The molecule has 0 aromatic carbocycles. The van der Waals surface area contributed by atoms with Gasteiger partial charge in [-0.3, -0.25) is 4.68 Å². The van der Waals surface area contributed by atoms with Crippen molar-refractivity contribution in [2.24, 2.45) is 0 Å². The molecule has 0 radical (unpaired) electrons. The second kappa shape index (κ2) is 3.98. The molecule has 80 valence electrons. The van der Waals surface area contributed by atoms with Crippen LogP contribution in [-0.4, -0.2) is 20.0 Å². The Hall–Kier alpha value is -1.43. The minimum atomic E-state index is 0.653. The van der Waals surface area contributed by atoms with E-state index < -0.39 is 0 Å². The standard InChI is InChI=1S/C9H13N5S/c1-3-8-12-13-9(15-8)5-14-6(2)7(10)4-11-14/h4H,3,5,10H2,1-2H3. The Balaban J connectivity index is 2.18. The van der Waals surface area contributed by atoms with Gasteiger partial charge in [-0.15, -0.1) is 10.2 Å². The molecular weight excluding hydrogens is 210 g/mol. The Morgan fingerprint density at radius 3 is 2.67 bits per heavy atom. The number of nitrogen functional groups attached to an aromatic ring is 1. The summed E-state index contributed by atoms with van der Waals surface area (Å²) in [5.41, 5.74) is 7.40. The van der Waals surface area contributed by atoms with Crippen LogP contribution in [0.3, 0.4) is 0 Å². The van der Waals surface area contributed by atoms with Crippen molar-refractivity contribution in [3.05, 3.63) is 21.9 Å². The molecule has 0 bridgehead atoms. The van der Waals surface area contributed by atoms with Gasteiger partial charge in [-0.1, -0.05) is 18.3 Å². The van der Waals surface area contributed by atoms with Crippen LogP contribution < -0.4 is 5.73 Å². The van der Waals surface area contributed by atoms with Crippen molar-refractivity contribution in [2.75, 3.05) is 5.73 Å². The van der Waals surface area contributed by atoms with Crippen molar-refractivity contribution in [2.45, 2.75) is 26.8 Å². The largest absolute Gasteiger partial charge is 0.396 e. The zero-order valence-corrected chi connectivity index (χ0v) is 9.58. The lowest BCUT2D eigenvalue weighted by Gasteiger charge is -2.00. The predicted molar refractivity (Wildman–Crippen MR) is 59.8 cm³/mol. The molecule has 2 rings (SSSR count). The highest BCUT2D eigenvalue weighted by Crippen LogP contribution is 2.14. The van der Waals surface area contributed by atoms with Gasteiger partial charge in [-0.25, -0.2) is 0 Å². The topological polar surface area (TPSA) is 69.6 Å². The van der Waals surface area contributed by atoms with Gasteiger partial charge in [0.15, 0.2) is 0 Å². The van der Waals surface area contributed by atoms with Crippen molar-refractivity contribution >= 4 is 17.0 Å². The summed E-state index contributed by atoms with van der Waals surface area (Å²) in [6.45, 7) is 4.67. The molecule has 0 aliphatic carbocycles. The van der Waals surface area contributed by atoms with E-state index >= 15 is 0 Å². The van der Waals surface area contributed by atoms with Gasteiger partial charge in [-0.2, -0.15) is 5.10 Å². The van der Waals surface area contributed by atoms with Crippen molar-refractivity contribution in [3.8, 4) is 0 Å². The van der Waals surface area contributed by atoms with E-state index in [-0.39, 0.29) is 0 Å². The summed E-state index contributed by atoms with van der Waals surface area (Å²) in [5.74, 6) is 0. The first-order valence-electron chi connectivity index (χ1n) is 4.80. The Kier molecular flexibility index (Phi) is 2.68. The van der Waals surface area contributed by atoms with Crippen molar-refractivity contribution < 1.29 is 0 Å². The molecule has 0 atom stereocenters. The fourth-order valence-corrected chi connectivity index (χ4v) is 2.01. The lowest BCUT2D eigenvalue weighted by molar-refractivity contribution is 0.657. The highest BCUT2D eigenvalue weighted by molar-refractivity contribution is 7.11. The minimum absolute atomic E-state index is 0.653. The maximum atomic E-state index is 5.71. The molecule has 0 unspecified atom stereocenters. The molecule has 0 spiro atoms. The number of hydrogen-bond donors (Lipinski definition) is 1. The smallest absolute Gasteiger partial charge is 0.139 e. The highest BCUT2D eigenvalue weighted by Gasteiger charge is 2.07. The number of hydrogen-bond acceptors (Lipinski definition) is 5. The van der Waals surface area contributed by atoms with Gasteiger partial charge < -0.3 is 5.73 Å². The van der Waals surface area contributed by atoms with Crippen molar-refractivity contribution in [1.82, 2.24) is 20.0 Å². The van der Waals surface area contributed by atoms with E-state index in [1.807, 2.05) is 11.6 Å². The summed E-state index contributed by atoms with van der Waals surface area (Å²) in [6, 6.07) is 0.